The maximum Gasteiger partial charge on any atom is 0.109 e. The van der Waals surface area contributed by atoms with Crippen LogP contribution in [0.2, 0.25) is 0 Å². The summed E-state index contributed by atoms with van der Waals surface area (Å²) in [4.78, 5) is 8.57. The van der Waals surface area contributed by atoms with Crippen LogP contribution in [0.1, 0.15) is 31.6 Å². The van der Waals surface area contributed by atoms with Crippen LogP contribution in [0, 0.1) is 5.41 Å². The van der Waals surface area contributed by atoms with E-state index in [9.17, 15) is 0 Å². The van der Waals surface area contributed by atoms with Crippen LogP contribution in [0.5, 0.6) is 0 Å². The zero-order valence-corrected chi connectivity index (χ0v) is 10.7. The molecule has 2 aliphatic heterocycles. The molecule has 0 amide bonds. The van der Waals surface area contributed by atoms with Gasteiger partial charge in [0.1, 0.15) is 6.10 Å². The second-order valence-corrected chi connectivity index (χ2v) is 5.36. The molecule has 18 heavy (non-hydrogen) atoms. The summed E-state index contributed by atoms with van der Waals surface area (Å²) in [6.45, 7) is 4.06. The number of hydrogen-bond donors (Lipinski definition) is 2. The van der Waals surface area contributed by atoms with Gasteiger partial charge in [0, 0.05) is 23.9 Å². The van der Waals surface area contributed by atoms with Gasteiger partial charge in [-0.3, -0.25) is 9.97 Å². The minimum atomic E-state index is -0.0155. The highest BCUT2D eigenvalue weighted by Gasteiger charge is 2.54. The maximum absolute atomic E-state index is 6.41. The molecule has 2 aliphatic rings. The lowest BCUT2D eigenvalue weighted by Gasteiger charge is -2.40. The number of hydrogen-bond acceptors (Lipinski definition) is 5. The van der Waals surface area contributed by atoms with Crippen LogP contribution in [0.4, 0.5) is 0 Å². The SMILES string of the molecule is CC1OC(c2cnccn2)C2(CCNCC2)C1N. The number of nitrogens with two attached hydrogens (primary N) is 1. The first kappa shape index (κ1) is 12.0. The molecule has 3 N–H and O–H groups in total. The molecule has 2 saturated heterocycles. The van der Waals surface area contributed by atoms with E-state index in [1.807, 2.05) is 0 Å². The average Bonchev–Trinajstić information content (AvgIpc) is 2.66. The smallest absolute Gasteiger partial charge is 0.109 e. The normalized spacial score (nSPS) is 34.9. The maximum atomic E-state index is 6.41. The third kappa shape index (κ3) is 1.74. The Hall–Kier alpha value is -1.04. The number of nitrogens with zero attached hydrogens (tertiary/aromatic N) is 2. The number of ether oxygens (including phenoxy) is 1. The predicted octanol–water partition coefficient (Wildman–Crippen LogP) is 0.634. The van der Waals surface area contributed by atoms with E-state index in [0.717, 1.165) is 31.6 Å². The molecule has 0 aliphatic carbocycles. The molecule has 1 spiro atoms. The van der Waals surface area contributed by atoms with Crippen LogP contribution >= 0.6 is 0 Å². The molecule has 0 aromatic carbocycles. The van der Waals surface area contributed by atoms with Crippen molar-refractivity contribution >= 4 is 0 Å². The van der Waals surface area contributed by atoms with E-state index in [4.69, 9.17) is 10.5 Å². The molecule has 98 valence electrons. The standard InChI is InChI=1S/C13H20N4O/c1-9-11(14)13(2-4-15-5-3-13)12(18-9)10-8-16-6-7-17-10/h6-9,11-12,15H,2-5,14H2,1H3. The van der Waals surface area contributed by atoms with Crippen molar-refractivity contribution in [2.24, 2.45) is 11.1 Å². The summed E-state index contributed by atoms with van der Waals surface area (Å²) in [5, 5.41) is 3.40. The molecule has 0 radical (unpaired) electrons. The van der Waals surface area contributed by atoms with Gasteiger partial charge in [0.15, 0.2) is 0 Å². The Morgan fingerprint density at radius 1 is 1.39 bits per heavy atom. The highest BCUT2D eigenvalue weighted by atomic mass is 16.5. The van der Waals surface area contributed by atoms with Crippen LogP contribution in [0.25, 0.3) is 0 Å². The second kappa shape index (κ2) is 4.57. The van der Waals surface area contributed by atoms with Crippen molar-refractivity contribution in [1.29, 1.82) is 0 Å². The first-order valence-corrected chi connectivity index (χ1v) is 6.62. The molecule has 5 nitrogen and oxygen atoms in total. The molecule has 2 fully saturated rings. The van der Waals surface area contributed by atoms with Crippen molar-refractivity contribution in [1.82, 2.24) is 15.3 Å². The topological polar surface area (TPSA) is 73.1 Å². The van der Waals surface area contributed by atoms with Crippen LogP contribution < -0.4 is 11.1 Å². The van der Waals surface area contributed by atoms with Gasteiger partial charge in [0.2, 0.25) is 0 Å². The van der Waals surface area contributed by atoms with Gasteiger partial charge in [-0.1, -0.05) is 0 Å². The average molecular weight is 248 g/mol. The van der Waals surface area contributed by atoms with Crippen molar-refractivity contribution in [3.63, 3.8) is 0 Å². The van der Waals surface area contributed by atoms with Gasteiger partial charge < -0.3 is 15.8 Å². The molecular formula is C13H20N4O. The zero-order valence-electron chi connectivity index (χ0n) is 10.7. The summed E-state index contributed by atoms with van der Waals surface area (Å²) in [6.07, 6.45) is 7.37. The quantitative estimate of drug-likeness (QED) is 0.762. The highest BCUT2D eigenvalue weighted by Crippen LogP contribution is 2.51. The number of nitrogens with one attached hydrogen (secondary N) is 1. The van der Waals surface area contributed by atoms with Crippen LogP contribution in [0.15, 0.2) is 18.6 Å². The lowest BCUT2D eigenvalue weighted by Crippen LogP contribution is -2.50. The molecule has 5 heteroatoms. The fourth-order valence-corrected chi connectivity index (χ4v) is 3.38. The molecule has 3 heterocycles. The Balaban J connectivity index is 1.97. The van der Waals surface area contributed by atoms with Crippen LogP contribution in [-0.2, 0) is 4.74 Å². The first-order valence-electron chi connectivity index (χ1n) is 6.62. The zero-order chi connectivity index (χ0) is 12.6. The summed E-state index contributed by atoms with van der Waals surface area (Å²) in [5.41, 5.74) is 7.35. The summed E-state index contributed by atoms with van der Waals surface area (Å²) in [7, 11) is 0. The van der Waals surface area contributed by atoms with Crippen molar-refractivity contribution < 1.29 is 4.74 Å². The molecule has 1 aromatic heterocycles. The molecule has 0 saturated carbocycles. The van der Waals surface area contributed by atoms with Gasteiger partial charge in [-0.15, -0.1) is 0 Å². The van der Waals surface area contributed by atoms with Gasteiger partial charge >= 0.3 is 0 Å². The first-order chi connectivity index (χ1) is 8.74. The minimum absolute atomic E-state index is 0.0146. The van der Waals surface area contributed by atoms with E-state index in [2.05, 4.69) is 22.2 Å². The van der Waals surface area contributed by atoms with Crippen LogP contribution in [-0.4, -0.2) is 35.2 Å². The summed E-state index contributed by atoms with van der Waals surface area (Å²) < 4.78 is 6.10. The third-order valence-corrected chi connectivity index (χ3v) is 4.43. The van der Waals surface area contributed by atoms with Gasteiger partial charge in [0.05, 0.1) is 18.0 Å². The minimum Gasteiger partial charge on any atom is -0.367 e. The summed E-state index contributed by atoms with van der Waals surface area (Å²) >= 11 is 0. The fraction of sp³-hybridized carbons (Fsp3) is 0.692. The van der Waals surface area contributed by atoms with E-state index in [1.54, 1.807) is 18.6 Å². The van der Waals surface area contributed by atoms with Crippen molar-refractivity contribution in [2.45, 2.75) is 38.0 Å². The Morgan fingerprint density at radius 2 is 2.17 bits per heavy atom. The van der Waals surface area contributed by atoms with Gasteiger partial charge in [-0.05, 0) is 32.9 Å². The van der Waals surface area contributed by atoms with Crippen molar-refractivity contribution in [3.05, 3.63) is 24.3 Å². The van der Waals surface area contributed by atoms with E-state index >= 15 is 0 Å². The predicted molar refractivity (Wildman–Crippen MR) is 67.8 cm³/mol. The highest BCUT2D eigenvalue weighted by molar-refractivity contribution is 5.15. The van der Waals surface area contributed by atoms with Crippen molar-refractivity contribution in [2.75, 3.05) is 13.1 Å². The Kier molecular flexibility index (Phi) is 3.05. The van der Waals surface area contributed by atoms with E-state index < -0.39 is 0 Å². The molecule has 3 unspecified atom stereocenters. The van der Waals surface area contributed by atoms with Crippen molar-refractivity contribution in [3.8, 4) is 0 Å². The van der Waals surface area contributed by atoms with E-state index in [-0.39, 0.29) is 23.7 Å². The van der Waals surface area contributed by atoms with Gasteiger partial charge in [0.25, 0.3) is 0 Å². The number of aromatic nitrogens is 2. The van der Waals surface area contributed by atoms with Crippen LogP contribution in [0.3, 0.4) is 0 Å². The summed E-state index contributed by atoms with van der Waals surface area (Å²) in [6, 6.07) is 0.0756. The fourth-order valence-electron chi connectivity index (χ4n) is 3.38. The molecule has 3 atom stereocenters. The Labute approximate surface area is 107 Å². The Bertz CT molecular complexity index is 405. The van der Waals surface area contributed by atoms with E-state index in [1.165, 1.54) is 0 Å². The molecular weight excluding hydrogens is 228 g/mol. The molecule has 1 aromatic rings. The van der Waals surface area contributed by atoms with Gasteiger partial charge in [-0.25, -0.2) is 0 Å². The second-order valence-electron chi connectivity index (χ2n) is 5.36. The van der Waals surface area contributed by atoms with E-state index in [0.29, 0.717) is 0 Å². The molecule has 0 bridgehead atoms. The lowest BCUT2D eigenvalue weighted by atomic mass is 9.69. The largest absolute Gasteiger partial charge is 0.367 e. The lowest BCUT2D eigenvalue weighted by molar-refractivity contribution is 0.00232. The van der Waals surface area contributed by atoms with Gasteiger partial charge in [-0.2, -0.15) is 0 Å². The Morgan fingerprint density at radius 3 is 2.83 bits per heavy atom. The molecule has 3 rings (SSSR count). The third-order valence-electron chi connectivity index (χ3n) is 4.43. The number of piperidine rings is 1. The number of rotatable bonds is 1. The summed E-state index contributed by atoms with van der Waals surface area (Å²) in [5.74, 6) is 0. The monoisotopic (exact) mass is 248 g/mol.